The van der Waals surface area contributed by atoms with E-state index in [1.807, 2.05) is 20.8 Å². The minimum Gasteiger partial charge on any atom is -0.480 e. The van der Waals surface area contributed by atoms with Crippen molar-refractivity contribution in [2.24, 2.45) is 0 Å². The molecule has 0 fully saturated rings. The number of aliphatic carboxylic acids is 1. The summed E-state index contributed by atoms with van der Waals surface area (Å²) < 4.78 is 5.48. The predicted octanol–water partition coefficient (Wildman–Crippen LogP) is 1.86. The Kier molecular flexibility index (Phi) is 5.56. The van der Waals surface area contributed by atoms with E-state index in [0.29, 0.717) is 5.52 Å². The highest BCUT2D eigenvalue weighted by atomic mass is 16.6. The van der Waals surface area contributed by atoms with E-state index in [0.717, 1.165) is 0 Å². The molecular formula is C16H20N4O6. The maximum atomic E-state index is 12.4. The lowest BCUT2D eigenvalue weighted by Crippen LogP contribution is -2.42. The molecule has 2 aromatic rings. The molecule has 0 radical (unpaired) electrons. The van der Waals surface area contributed by atoms with Gasteiger partial charge in [-0.1, -0.05) is 0 Å². The summed E-state index contributed by atoms with van der Waals surface area (Å²) in [5, 5.41) is 29.2. The summed E-state index contributed by atoms with van der Waals surface area (Å²) in [6, 6.07) is 2.76. The number of aromatic nitrogens is 2. The van der Waals surface area contributed by atoms with Gasteiger partial charge in [0.25, 0.3) is 11.6 Å². The van der Waals surface area contributed by atoms with E-state index in [-0.39, 0.29) is 29.8 Å². The van der Waals surface area contributed by atoms with E-state index in [2.05, 4.69) is 15.5 Å². The van der Waals surface area contributed by atoms with Gasteiger partial charge in [0.15, 0.2) is 5.69 Å². The van der Waals surface area contributed by atoms with Gasteiger partial charge in [0.05, 0.1) is 16.0 Å². The Hall–Kier alpha value is -3.01. The molecule has 0 bridgehead atoms. The molecule has 10 heteroatoms. The number of benzene rings is 1. The van der Waals surface area contributed by atoms with E-state index in [4.69, 9.17) is 4.74 Å². The molecular weight excluding hydrogens is 344 g/mol. The number of carbonyl (C=O) groups excluding carboxylic acids is 1. The lowest BCUT2D eigenvalue weighted by atomic mass is 10.1. The van der Waals surface area contributed by atoms with Gasteiger partial charge in [-0.15, -0.1) is 0 Å². The number of aromatic amines is 1. The van der Waals surface area contributed by atoms with Gasteiger partial charge in [-0.25, -0.2) is 4.79 Å². The van der Waals surface area contributed by atoms with Crippen LogP contribution in [-0.2, 0) is 9.53 Å². The third kappa shape index (κ3) is 4.76. The number of nitro benzene ring substituents is 1. The third-order valence-electron chi connectivity index (χ3n) is 3.52. The Balaban J connectivity index is 2.16. The topological polar surface area (TPSA) is 147 Å². The summed E-state index contributed by atoms with van der Waals surface area (Å²) in [4.78, 5) is 34.1. The van der Waals surface area contributed by atoms with Crippen molar-refractivity contribution in [3.8, 4) is 0 Å². The number of carboxylic acid groups (broad SMARTS) is 1. The first kappa shape index (κ1) is 19.3. The number of ether oxygens (including phenoxy) is 1. The number of hydrogen-bond donors (Lipinski definition) is 3. The second kappa shape index (κ2) is 7.48. The van der Waals surface area contributed by atoms with Crippen molar-refractivity contribution in [1.82, 2.24) is 15.5 Å². The van der Waals surface area contributed by atoms with Crippen LogP contribution in [0.2, 0.25) is 0 Å². The first-order valence-corrected chi connectivity index (χ1v) is 7.88. The molecule has 26 heavy (non-hydrogen) atoms. The van der Waals surface area contributed by atoms with Crippen LogP contribution in [-0.4, -0.2) is 50.4 Å². The summed E-state index contributed by atoms with van der Waals surface area (Å²) in [6.45, 7) is 5.66. The molecule has 1 aromatic heterocycles. The van der Waals surface area contributed by atoms with Crippen LogP contribution < -0.4 is 5.32 Å². The predicted molar refractivity (Wildman–Crippen MR) is 92.0 cm³/mol. The summed E-state index contributed by atoms with van der Waals surface area (Å²) in [5.41, 5.74) is -0.290. The van der Waals surface area contributed by atoms with Crippen LogP contribution in [0.25, 0.3) is 10.9 Å². The van der Waals surface area contributed by atoms with Crippen LogP contribution in [0, 0.1) is 10.1 Å². The molecule has 0 aliphatic rings. The first-order chi connectivity index (χ1) is 12.1. The van der Waals surface area contributed by atoms with Crippen LogP contribution >= 0.6 is 0 Å². The quantitative estimate of drug-likeness (QED) is 0.501. The summed E-state index contributed by atoms with van der Waals surface area (Å²) in [5.74, 6) is -1.94. The molecule has 1 atom stereocenters. The van der Waals surface area contributed by atoms with Crippen molar-refractivity contribution >= 4 is 28.5 Å². The summed E-state index contributed by atoms with van der Waals surface area (Å²) in [6.07, 6.45) is 0.0703. The molecule has 1 heterocycles. The largest absolute Gasteiger partial charge is 0.480 e. The van der Waals surface area contributed by atoms with Gasteiger partial charge in [-0.3, -0.25) is 20.0 Å². The molecule has 0 saturated heterocycles. The van der Waals surface area contributed by atoms with E-state index >= 15 is 0 Å². The Morgan fingerprint density at radius 1 is 1.42 bits per heavy atom. The maximum absolute atomic E-state index is 12.4. The van der Waals surface area contributed by atoms with E-state index in [1.165, 1.54) is 18.2 Å². The highest BCUT2D eigenvalue weighted by Gasteiger charge is 2.24. The number of rotatable bonds is 7. The zero-order valence-electron chi connectivity index (χ0n) is 14.6. The molecule has 1 amide bonds. The molecule has 2 rings (SSSR count). The fraction of sp³-hybridized carbons (Fsp3) is 0.438. The maximum Gasteiger partial charge on any atom is 0.326 e. The standard InChI is InChI=1S/C16H20N4O6/c1-16(2,3)26-7-6-12(15(22)23)17-14(21)13-10-8-9(20(24)25)4-5-11(10)18-19-13/h4-5,8,12H,6-7H2,1-3H3,(H,17,21)(H,18,19)(H,22,23). The van der Waals surface area contributed by atoms with Crippen molar-refractivity contribution in [2.75, 3.05) is 6.61 Å². The minimum absolute atomic E-state index is 0.0703. The Morgan fingerprint density at radius 3 is 2.69 bits per heavy atom. The number of carbonyl (C=O) groups is 2. The van der Waals surface area contributed by atoms with E-state index in [9.17, 15) is 24.8 Å². The van der Waals surface area contributed by atoms with Crippen LogP contribution in [0.15, 0.2) is 18.2 Å². The monoisotopic (exact) mass is 364 g/mol. The van der Waals surface area contributed by atoms with Gasteiger partial charge in [0.2, 0.25) is 0 Å². The van der Waals surface area contributed by atoms with Crippen molar-refractivity contribution in [3.63, 3.8) is 0 Å². The van der Waals surface area contributed by atoms with Crippen molar-refractivity contribution in [3.05, 3.63) is 34.0 Å². The zero-order chi connectivity index (χ0) is 19.5. The Morgan fingerprint density at radius 2 is 2.12 bits per heavy atom. The first-order valence-electron chi connectivity index (χ1n) is 7.88. The molecule has 0 spiro atoms. The number of non-ortho nitro benzene ring substituents is 1. The fourth-order valence-electron chi connectivity index (χ4n) is 2.26. The SMILES string of the molecule is CC(C)(C)OCCC(NC(=O)c1n[nH]c2ccc([N+](=O)[O-])cc12)C(=O)O. The molecule has 0 saturated carbocycles. The molecule has 10 nitrogen and oxygen atoms in total. The summed E-state index contributed by atoms with van der Waals surface area (Å²) in [7, 11) is 0. The number of fused-ring (bicyclic) bond motifs is 1. The average Bonchev–Trinajstić information content (AvgIpc) is 2.95. The summed E-state index contributed by atoms with van der Waals surface area (Å²) >= 11 is 0. The molecule has 1 aromatic carbocycles. The highest BCUT2D eigenvalue weighted by molar-refractivity contribution is 6.06. The third-order valence-corrected chi connectivity index (χ3v) is 3.52. The van der Waals surface area contributed by atoms with E-state index in [1.54, 1.807) is 0 Å². The van der Waals surface area contributed by atoms with Gasteiger partial charge in [0.1, 0.15) is 6.04 Å². The molecule has 3 N–H and O–H groups in total. The number of hydrogen-bond acceptors (Lipinski definition) is 6. The van der Waals surface area contributed by atoms with Crippen LogP contribution in [0.5, 0.6) is 0 Å². The number of nitrogens with zero attached hydrogens (tertiary/aromatic N) is 2. The van der Waals surface area contributed by atoms with Gasteiger partial charge >= 0.3 is 5.97 Å². The number of carboxylic acids is 1. The second-order valence-corrected chi connectivity index (χ2v) is 6.67. The molecule has 0 aliphatic heterocycles. The second-order valence-electron chi connectivity index (χ2n) is 6.67. The lowest BCUT2D eigenvalue weighted by molar-refractivity contribution is -0.384. The van der Waals surface area contributed by atoms with Crippen molar-refractivity contribution in [1.29, 1.82) is 0 Å². The van der Waals surface area contributed by atoms with Gasteiger partial charge in [-0.2, -0.15) is 5.10 Å². The smallest absolute Gasteiger partial charge is 0.326 e. The van der Waals surface area contributed by atoms with Crippen molar-refractivity contribution in [2.45, 2.75) is 38.8 Å². The normalized spacial score (nSPS) is 12.7. The number of nitrogens with one attached hydrogen (secondary N) is 2. The highest BCUT2D eigenvalue weighted by Crippen LogP contribution is 2.22. The Bertz CT molecular complexity index is 839. The van der Waals surface area contributed by atoms with Crippen LogP contribution in [0.4, 0.5) is 5.69 Å². The molecule has 140 valence electrons. The minimum atomic E-state index is -1.21. The average molecular weight is 364 g/mol. The number of H-pyrrole nitrogens is 1. The zero-order valence-corrected chi connectivity index (χ0v) is 14.6. The van der Waals surface area contributed by atoms with Crippen molar-refractivity contribution < 1.29 is 24.4 Å². The molecule has 0 aliphatic carbocycles. The number of amides is 1. The van der Waals surface area contributed by atoms with E-state index < -0.39 is 28.4 Å². The van der Waals surface area contributed by atoms with Gasteiger partial charge in [-0.05, 0) is 26.8 Å². The van der Waals surface area contributed by atoms with Gasteiger partial charge in [0, 0.05) is 30.5 Å². The van der Waals surface area contributed by atoms with Crippen LogP contribution in [0.3, 0.4) is 0 Å². The lowest BCUT2D eigenvalue weighted by Gasteiger charge is -2.21. The molecule has 1 unspecified atom stereocenters. The van der Waals surface area contributed by atoms with Crippen LogP contribution in [0.1, 0.15) is 37.7 Å². The van der Waals surface area contributed by atoms with Gasteiger partial charge < -0.3 is 15.2 Å². The number of nitro groups is 1. The Labute approximate surface area is 148 Å². The fourth-order valence-corrected chi connectivity index (χ4v) is 2.26.